The maximum atomic E-state index is 10.5. The molecule has 0 aromatic rings. The Labute approximate surface area is 78.8 Å². The maximum absolute atomic E-state index is 10.5. The van der Waals surface area contributed by atoms with Crippen molar-refractivity contribution >= 4 is 5.97 Å². The SMILES string of the molecule is CCCC(C)C1(O)CC(C(=O)O)C1. The molecule has 2 N–H and O–H groups in total. The topological polar surface area (TPSA) is 57.5 Å². The Bertz CT molecular complexity index is 194. The van der Waals surface area contributed by atoms with Crippen molar-refractivity contribution in [2.24, 2.45) is 11.8 Å². The van der Waals surface area contributed by atoms with Crippen LogP contribution in [0.4, 0.5) is 0 Å². The maximum Gasteiger partial charge on any atom is 0.306 e. The number of carboxylic acid groups (broad SMARTS) is 1. The number of aliphatic carboxylic acids is 1. The number of rotatable bonds is 4. The van der Waals surface area contributed by atoms with Crippen molar-refractivity contribution in [3.8, 4) is 0 Å². The van der Waals surface area contributed by atoms with Gasteiger partial charge in [-0.2, -0.15) is 0 Å². The van der Waals surface area contributed by atoms with Crippen molar-refractivity contribution in [2.75, 3.05) is 0 Å². The number of carbonyl (C=O) groups is 1. The van der Waals surface area contributed by atoms with Gasteiger partial charge >= 0.3 is 5.97 Å². The number of hydrogen-bond acceptors (Lipinski definition) is 2. The Kier molecular flexibility index (Phi) is 2.96. The minimum Gasteiger partial charge on any atom is -0.481 e. The fraction of sp³-hybridized carbons (Fsp3) is 0.900. The van der Waals surface area contributed by atoms with Crippen molar-refractivity contribution in [2.45, 2.75) is 45.1 Å². The molecule has 0 saturated heterocycles. The minimum absolute atomic E-state index is 0.230. The molecule has 13 heavy (non-hydrogen) atoms. The zero-order valence-corrected chi connectivity index (χ0v) is 8.29. The summed E-state index contributed by atoms with van der Waals surface area (Å²) in [4.78, 5) is 10.5. The number of hydrogen-bond donors (Lipinski definition) is 2. The van der Waals surface area contributed by atoms with Crippen LogP contribution in [0.25, 0.3) is 0 Å². The van der Waals surface area contributed by atoms with Crippen LogP contribution in [0.15, 0.2) is 0 Å². The van der Waals surface area contributed by atoms with Crippen molar-refractivity contribution in [1.82, 2.24) is 0 Å². The summed E-state index contributed by atoms with van der Waals surface area (Å²) >= 11 is 0. The Balaban J connectivity index is 2.41. The molecule has 3 nitrogen and oxygen atoms in total. The van der Waals surface area contributed by atoms with E-state index in [0.29, 0.717) is 12.8 Å². The molecule has 0 heterocycles. The van der Waals surface area contributed by atoms with Gasteiger partial charge in [0.1, 0.15) is 0 Å². The molecule has 3 heteroatoms. The van der Waals surface area contributed by atoms with Gasteiger partial charge in [0.15, 0.2) is 0 Å². The van der Waals surface area contributed by atoms with Gasteiger partial charge in [-0.1, -0.05) is 20.3 Å². The number of carboxylic acids is 1. The lowest BCUT2D eigenvalue weighted by Gasteiger charge is -2.45. The van der Waals surface area contributed by atoms with E-state index in [0.717, 1.165) is 12.8 Å². The van der Waals surface area contributed by atoms with E-state index in [1.54, 1.807) is 0 Å². The Morgan fingerprint density at radius 1 is 1.62 bits per heavy atom. The van der Waals surface area contributed by atoms with E-state index in [-0.39, 0.29) is 11.8 Å². The second-order valence-corrected chi connectivity index (χ2v) is 4.24. The third-order valence-corrected chi connectivity index (χ3v) is 3.19. The van der Waals surface area contributed by atoms with Gasteiger partial charge in [0.25, 0.3) is 0 Å². The first-order valence-corrected chi connectivity index (χ1v) is 4.94. The Morgan fingerprint density at radius 2 is 2.15 bits per heavy atom. The van der Waals surface area contributed by atoms with Crippen LogP contribution >= 0.6 is 0 Å². The summed E-state index contributed by atoms with van der Waals surface area (Å²) in [7, 11) is 0. The van der Waals surface area contributed by atoms with Crippen LogP contribution in [0.1, 0.15) is 39.5 Å². The molecule has 1 atom stereocenters. The zero-order chi connectivity index (χ0) is 10.1. The number of aliphatic hydroxyl groups is 1. The second kappa shape index (κ2) is 3.66. The Morgan fingerprint density at radius 3 is 2.54 bits per heavy atom. The third-order valence-electron chi connectivity index (χ3n) is 3.19. The summed E-state index contributed by atoms with van der Waals surface area (Å²) in [5.41, 5.74) is -0.695. The standard InChI is InChI=1S/C10H18O3/c1-3-4-7(2)10(13)5-8(6-10)9(11)12/h7-8,13H,3-6H2,1-2H3,(H,11,12). The summed E-state index contributed by atoms with van der Waals surface area (Å²) in [5, 5.41) is 18.6. The molecule has 0 spiro atoms. The molecule has 1 unspecified atom stereocenters. The van der Waals surface area contributed by atoms with Gasteiger partial charge in [0.05, 0.1) is 11.5 Å². The predicted molar refractivity (Wildman–Crippen MR) is 49.4 cm³/mol. The summed E-state index contributed by atoms with van der Waals surface area (Å²) in [5.74, 6) is -0.856. The first-order chi connectivity index (χ1) is 5.99. The van der Waals surface area contributed by atoms with Gasteiger partial charge in [0, 0.05) is 0 Å². The third kappa shape index (κ3) is 2.02. The van der Waals surface area contributed by atoms with E-state index in [1.807, 2.05) is 6.92 Å². The zero-order valence-electron chi connectivity index (χ0n) is 8.29. The summed E-state index contributed by atoms with van der Waals surface area (Å²) in [6.45, 7) is 4.08. The first kappa shape index (κ1) is 10.5. The Hall–Kier alpha value is -0.570. The molecule has 0 radical (unpaired) electrons. The van der Waals surface area contributed by atoms with Crippen LogP contribution in [0.3, 0.4) is 0 Å². The van der Waals surface area contributed by atoms with E-state index >= 15 is 0 Å². The highest BCUT2D eigenvalue weighted by Crippen LogP contribution is 2.44. The first-order valence-electron chi connectivity index (χ1n) is 4.94. The van der Waals surface area contributed by atoms with Gasteiger partial charge in [-0.25, -0.2) is 0 Å². The lowest BCUT2D eigenvalue weighted by molar-refractivity contribution is -0.165. The van der Waals surface area contributed by atoms with E-state index in [1.165, 1.54) is 0 Å². The molecule has 76 valence electrons. The van der Waals surface area contributed by atoms with Crippen molar-refractivity contribution < 1.29 is 15.0 Å². The lowest BCUT2D eigenvalue weighted by Crippen LogP contribution is -2.51. The van der Waals surface area contributed by atoms with Crippen LogP contribution in [-0.2, 0) is 4.79 Å². The van der Waals surface area contributed by atoms with Crippen LogP contribution in [0.5, 0.6) is 0 Å². The highest BCUT2D eigenvalue weighted by atomic mass is 16.4. The van der Waals surface area contributed by atoms with Gasteiger partial charge in [-0.3, -0.25) is 4.79 Å². The monoisotopic (exact) mass is 186 g/mol. The average Bonchev–Trinajstić information content (AvgIpc) is 1.98. The van der Waals surface area contributed by atoms with E-state index in [9.17, 15) is 9.90 Å². The molecule has 1 aliphatic carbocycles. The fourth-order valence-corrected chi connectivity index (χ4v) is 2.07. The lowest BCUT2D eigenvalue weighted by atomic mass is 9.64. The van der Waals surface area contributed by atoms with Crippen molar-refractivity contribution in [3.63, 3.8) is 0 Å². The van der Waals surface area contributed by atoms with Gasteiger partial charge in [-0.15, -0.1) is 0 Å². The molecule has 1 aliphatic rings. The average molecular weight is 186 g/mol. The van der Waals surface area contributed by atoms with Gasteiger partial charge in [-0.05, 0) is 25.2 Å². The molecule has 0 aliphatic heterocycles. The van der Waals surface area contributed by atoms with Crippen LogP contribution in [-0.4, -0.2) is 21.8 Å². The minimum atomic E-state index is -0.770. The largest absolute Gasteiger partial charge is 0.481 e. The normalized spacial score (nSPS) is 35.2. The smallest absolute Gasteiger partial charge is 0.306 e. The summed E-state index contributed by atoms with van der Waals surface area (Å²) in [6, 6.07) is 0. The van der Waals surface area contributed by atoms with E-state index in [2.05, 4.69) is 6.92 Å². The van der Waals surface area contributed by atoms with Crippen molar-refractivity contribution in [3.05, 3.63) is 0 Å². The summed E-state index contributed by atoms with van der Waals surface area (Å²) < 4.78 is 0. The van der Waals surface area contributed by atoms with Crippen molar-refractivity contribution in [1.29, 1.82) is 0 Å². The molecular formula is C10H18O3. The molecule has 0 aromatic heterocycles. The second-order valence-electron chi connectivity index (χ2n) is 4.24. The highest BCUT2D eigenvalue weighted by molar-refractivity contribution is 5.71. The van der Waals surface area contributed by atoms with E-state index in [4.69, 9.17) is 5.11 Å². The molecule has 1 fully saturated rings. The van der Waals surface area contributed by atoms with E-state index < -0.39 is 11.6 Å². The summed E-state index contributed by atoms with van der Waals surface area (Å²) in [6.07, 6.45) is 2.89. The fourth-order valence-electron chi connectivity index (χ4n) is 2.07. The molecule has 0 aromatic carbocycles. The molecule has 0 bridgehead atoms. The van der Waals surface area contributed by atoms with Crippen LogP contribution in [0.2, 0.25) is 0 Å². The highest BCUT2D eigenvalue weighted by Gasteiger charge is 2.48. The van der Waals surface area contributed by atoms with Crippen LogP contribution < -0.4 is 0 Å². The quantitative estimate of drug-likeness (QED) is 0.701. The van der Waals surface area contributed by atoms with Gasteiger partial charge in [0.2, 0.25) is 0 Å². The predicted octanol–water partition coefficient (Wildman–Crippen LogP) is 1.65. The molecule has 1 rings (SSSR count). The molecule has 0 amide bonds. The molecular weight excluding hydrogens is 168 g/mol. The van der Waals surface area contributed by atoms with Gasteiger partial charge < -0.3 is 10.2 Å². The molecule has 1 saturated carbocycles. The van der Waals surface area contributed by atoms with Crippen LogP contribution in [0, 0.1) is 11.8 Å².